The number of aromatic hydroxyl groups is 1. The standard InChI is InChI=1S/C22H23NO2S/c1-13(2)19-20(25-12-22(19,3)4)14-9-10-15(17(24)11-14)21-23-16-7-5-6-8-18(16)26-21/h5-11,13,24H,12H2,1-4H3. The lowest BCUT2D eigenvalue weighted by molar-refractivity contribution is 0.220. The zero-order valence-corrected chi connectivity index (χ0v) is 16.4. The van der Waals surface area contributed by atoms with Crippen LogP contribution in [0.2, 0.25) is 0 Å². The van der Waals surface area contributed by atoms with E-state index in [0.29, 0.717) is 12.5 Å². The van der Waals surface area contributed by atoms with E-state index in [4.69, 9.17) is 4.74 Å². The summed E-state index contributed by atoms with van der Waals surface area (Å²) in [4.78, 5) is 4.65. The fourth-order valence-corrected chi connectivity index (χ4v) is 4.84. The highest BCUT2D eigenvalue weighted by molar-refractivity contribution is 7.21. The molecule has 0 spiro atoms. The molecule has 0 fully saturated rings. The molecule has 1 aliphatic rings. The Labute approximate surface area is 158 Å². The summed E-state index contributed by atoms with van der Waals surface area (Å²) >= 11 is 1.59. The minimum Gasteiger partial charge on any atom is -0.507 e. The third-order valence-corrected chi connectivity index (χ3v) is 5.98. The Hall–Kier alpha value is -2.33. The molecule has 134 valence electrons. The number of aromatic nitrogens is 1. The maximum absolute atomic E-state index is 10.7. The number of hydrogen-bond donors (Lipinski definition) is 1. The van der Waals surface area contributed by atoms with Gasteiger partial charge in [0.05, 0.1) is 22.4 Å². The van der Waals surface area contributed by atoms with Crippen molar-refractivity contribution in [2.24, 2.45) is 11.3 Å². The smallest absolute Gasteiger partial charge is 0.128 e. The Bertz CT molecular complexity index is 981. The largest absolute Gasteiger partial charge is 0.507 e. The molecule has 1 aromatic heterocycles. The normalized spacial score (nSPS) is 16.5. The summed E-state index contributed by atoms with van der Waals surface area (Å²) in [5.74, 6) is 1.55. The molecule has 0 unspecified atom stereocenters. The SMILES string of the molecule is CC(C)C1=C(c2ccc(-c3nc4ccccc4s3)c(O)c2)OCC1(C)C. The molecule has 0 aliphatic carbocycles. The van der Waals surface area contributed by atoms with E-state index in [0.717, 1.165) is 32.1 Å². The average molecular weight is 365 g/mol. The fraction of sp³-hybridized carbons (Fsp3) is 0.318. The van der Waals surface area contributed by atoms with Gasteiger partial charge in [-0.05, 0) is 35.8 Å². The van der Waals surface area contributed by atoms with Gasteiger partial charge in [0, 0.05) is 11.0 Å². The van der Waals surface area contributed by atoms with Gasteiger partial charge in [-0.3, -0.25) is 0 Å². The summed E-state index contributed by atoms with van der Waals surface area (Å²) in [7, 11) is 0. The molecule has 0 saturated carbocycles. The van der Waals surface area contributed by atoms with E-state index >= 15 is 0 Å². The molecule has 3 nitrogen and oxygen atoms in total. The van der Waals surface area contributed by atoms with Crippen LogP contribution in [0.25, 0.3) is 26.5 Å². The molecule has 0 atom stereocenters. The first-order valence-corrected chi connectivity index (χ1v) is 9.75. The molecule has 2 aromatic carbocycles. The molecule has 0 amide bonds. The van der Waals surface area contributed by atoms with E-state index in [1.54, 1.807) is 17.4 Å². The Morgan fingerprint density at radius 1 is 1.15 bits per heavy atom. The van der Waals surface area contributed by atoms with Crippen LogP contribution < -0.4 is 0 Å². The first-order chi connectivity index (χ1) is 12.4. The Balaban J connectivity index is 1.78. The molecule has 1 N–H and O–H groups in total. The maximum atomic E-state index is 10.7. The van der Waals surface area contributed by atoms with Crippen LogP contribution in [0, 0.1) is 11.3 Å². The van der Waals surface area contributed by atoms with Crippen LogP contribution in [-0.4, -0.2) is 16.7 Å². The minimum absolute atomic E-state index is 0.0187. The summed E-state index contributed by atoms with van der Waals surface area (Å²) < 4.78 is 7.15. The Morgan fingerprint density at radius 2 is 1.92 bits per heavy atom. The summed E-state index contributed by atoms with van der Waals surface area (Å²) in [6.45, 7) is 9.49. The number of hydrogen-bond acceptors (Lipinski definition) is 4. The molecule has 2 heterocycles. The van der Waals surface area contributed by atoms with E-state index in [9.17, 15) is 5.11 Å². The number of phenolic OH excluding ortho intramolecular Hbond substituents is 1. The summed E-state index contributed by atoms with van der Waals surface area (Å²) in [6.07, 6.45) is 0. The minimum atomic E-state index is 0.0187. The number of thiazole rings is 1. The van der Waals surface area contributed by atoms with Crippen LogP contribution >= 0.6 is 11.3 Å². The van der Waals surface area contributed by atoms with Crippen molar-refractivity contribution >= 4 is 27.3 Å². The number of rotatable bonds is 3. The van der Waals surface area contributed by atoms with Crippen LogP contribution in [0.15, 0.2) is 48.0 Å². The van der Waals surface area contributed by atoms with Gasteiger partial charge in [0.25, 0.3) is 0 Å². The molecular formula is C22H23NO2S. The summed E-state index contributed by atoms with van der Waals surface area (Å²) in [6, 6.07) is 13.8. The highest BCUT2D eigenvalue weighted by Crippen LogP contribution is 2.46. The molecular weight excluding hydrogens is 342 g/mol. The van der Waals surface area contributed by atoms with Crippen molar-refractivity contribution in [2.45, 2.75) is 27.7 Å². The van der Waals surface area contributed by atoms with Crippen molar-refractivity contribution in [3.05, 3.63) is 53.6 Å². The lowest BCUT2D eigenvalue weighted by Gasteiger charge is -2.22. The lowest BCUT2D eigenvalue weighted by atomic mass is 9.79. The van der Waals surface area contributed by atoms with Gasteiger partial charge in [0.2, 0.25) is 0 Å². The van der Waals surface area contributed by atoms with Crippen molar-refractivity contribution in [3.8, 4) is 16.3 Å². The fourth-order valence-electron chi connectivity index (χ4n) is 3.84. The monoisotopic (exact) mass is 365 g/mol. The van der Waals surface area contributed by atoms with Gasteiger partial charge in [0.15, 0.2) is 0 Å². The zero-order chi connectivity index (χ0) is 18.5. The van der Waals surface area contributed by atoms with Crippen molar-refractivity contribution in [1.29, 1.82) is 0 Å². The molecule has 3 aromatic rings. The zero-order valence-electron chi connectivity index (χ0n) is 15.5. The molecule has 26 heavy (non-hydrogen) atoms. The van der Waals surface area contributed by atoms with E-state index in [-0.39, 0.29) is 11.2 Å². The molecule has 0 saturated heterocycles. The van der Waals surface area contributed by atoms with E-state index in [1.165, 1.54) is 5.57 Å². The first-order valence-electron chi connectivity index (χ1n) is 8.93. The van der Waals surface area contributed by atoms with Crippen LogP contribution in [0.5, 0.6) is 5.75 Å². The molecule has 0 radical (unpaired) electrons. The molecule has 4 rings (SSSR count). The second kappa shape index (κ2) is 6.13. The number of fused-ring (bicyclic) bond motifs is 1. The predicted molar refractivity (Wildman–Crippen MR) is 108 cm³/mol. The van der Waals surface area contributed by atoms with Crippen LogP contribution in [0.1, 0.15) is 33.3 Å². The highest BCUT2D eigenvalue weighted by atomic mass is 32.1. The number of para-hydroxylation sites is 1. The van der Waals surface area contributed by atoms with Gasteiger partial charge in [0.1, 0.15) is 16.5 Å². The second-order valence-electron chi connectivity index (χ2n) is 7.79. The van der Waals surface area contributed by atoms with E-state index in [2.05, 4.69) is 38.7 Å². The van der Waals surface area contributed by atoms with Crippen molar-refractivity contribution in [2.75, 3.05) is 6.61 Å². The van der Waals surface area contributed by atoms with Gasteiger partial charge in [-0.15, -0.1) is 11.3 Å². The van der Waals surface area contributed by atoms with Gasteiger partial charge in [-0.1, -0.05) is 45.9 Å². The van der Waals surface area contributed by atoms with Gasteiger partial charge < -0.3 is 9.84 Å². The maximum Gasteiger partial charge on any atom is 0.128 e. The van der Waals surface area contributed by atoms with Crippen LogP contribution in [-0.2, 0) is 4.74 Å². The van der Waals surface area contributed by atoms with Crippen molar-refractivity contribution in [1.82, 2.24) is 4.98 Å². The molecule has 1 aliphatic heterocycles. The summed E-state index contributed by atoms with van der Waals surface area (Å²) in [5, 5.41) is 11.5. The lowest BCUT2D eigenvalue weighted by Crippen LogP contribution is -2.18. The Kier molecular flexibility index (Phi) is 4.03. The third kappa shape index (κ3) is 2.78. The van der Waals surface area contributed by atoms with Crippen molar-refractivity contribution < 1.29 is 9.84 Å². The quantitative estimate of drug-likeness (QED) is 0.610. The first kappa shape index (κ1) is 17.1. The van der Waals surface area contributed by atoms with Crippen LogP contribution in [0.4, 0.5) is 0 Å². The molecule has 4 heteroatoms. The van der Waals surface area contributed by atoms with Crippen molar-refractivity contribution in [3.63, 3.8) is 0 Å². The van der Waals surface area contributed by atoms with Gasteiger partial charge >= 0.3 is 0 Å². The second-order valence-corrected chi connectivity index (χ2v) is 8.82. The number of phenols is 1. The number of benzene rings is 2. The highest BCUT2D eigenvalue weighted by Gasteiger charge is 2.36. The Morgan fingerprint density at radius 3 is 2.62 bits per heavy atom. The van der Waals surface area contributed by atoms with Gasteiger partial charge in [-0.2, -0.15) is 0 Å². The number of ether oxygens (including phenoxy) is 1. The third-order valence-electron chi connectivity index (χ3n) is 4.91. The summed E-state index contributed by atoms with van der Waals surface area (Å²) in [5.41, 5.74) is 3.98. The average Bonchev–Trinajstić information content (AvgIpc) is 3.14. The van der Waals surface area contributed by atoms with E-state index < -0.39 is 0 Å². The van der Waals surface area contributed by atoms with Crippen LogP contribution in [0.3, 0.4) is 0 Å². The topological polar surface area (TPSA) is 42.4 Å². The molecule has 0 bridgehead atoms. The van der Waals surface area contributed by atoms with E-state index in [1.807, 2.05) is 30.3 Å². The number of nitrogens with zero attached hydrogens (tertiary/aromatic N) is 1. The van der Waals surface area contributed by atoms with Gasteiger partial charge in [-0.25, -0.2) is 4.98 Å². The predicted octanol–water partition coefficient (Wildman–Crippen LogP) is 6.09.